The Kier molecular flexibility index (Phi) is 5.03. The van der Waals surface area contributed by atoms with E-state index < -0.39 is 0 Å². The van der Waals surface area contributed by atoms with Crippen LogP contribution in [0.5, 0.6) is 5.75 Å². The van der Waals surface area contributed by atoms with Gasteiger partial charge in [0, 0.05) is 11.4 Å². The predicted molar refractivity (Wildman–Crippen MR) is 77.9 cm³/mol. The molecule has 0 fully saturated rings. The van der Waals surface area contributed by atoms with E-state index >= 15 is 0 Å². The van der Waals surface area contributed by atoms with Crippen molar-refractivity contribution in [2.75, 3.05) is 19.0 Å². The van der Waals surface area contributed by atoms with E-state index in [1.165, 1.54) is 0 Å². The minimum Gasteiger partial charge on any atom is -0.497 e. The normalized spacial score (nSPS) is 10.2. The van der Waals surface area contributed by atoms with E-state index in [0.717, 1.165) is 34.5 Å². The Balaban J connectivity index is 2.09. The highest BCUT2D eigenvalue weighted by atomic mass is 32.2. The summed E-state index contributed by atoms with van der Waals surface area (Å²) in [6.07, 6.45) is 4.57. The quantitative estimate of drug-likeness (QED) is 0.874. The number of benzene rings is 1. The van der Waals surface area contributed by atoms with Gasteiger partial charge in [-0.25, -0.2) is 4.98 Å². The van der Waals surface area contributed by atoms with E-state index in [2.05, 4.69) is 22.2 Å². The molecule has 0 saturated carbocycles. The highest BCUT2D eigenvalue weighted by Gasteiger charge is 2.02. The zero-order valence-corrected chi connectivity index (χ0v) is 11.9. The van der Waals surface area contributed by atoms with Gasteiger partial charge in [0.1, 0.15) is 16.6 Å². The van der Waals surface area contributed by atoms with Crippen molar-refractivity contribution in [1.29, 1.82) is 0 Å². The Morgan fingerprint density at radius 2 is 2.21 bits per heavy atom. The number of hydrogen-bond acceptors (Lipinski definition) is 5. The molecule has 0 unspecified atom stereocenters. The molecule has 19 heavy (non-hydrogen) atoms. The van der Waals surface area contributed by atoms with E-state index in [9.17, 15) is 0 Å². The fourth-order valence-corrected chi connectivity index (χ4v) is 2.34. The van der Waals surface area contributed by atoms with E-state index in [0.29, 0.717) is 0 Å². The lowest BCUT2D eigenvalue weighted by molar-refractivity contribution is 0.413. The molecule has 100 valence electrons. The fraction of sp³-hybridized carbons (Fsp3) is 0.286. The van der Waals surface area contributed by atoms with Gasteiger partial charge in [-0.1, -0.05) is 24.8 Å². The molecule has 0 radical (unpaired) electrons. The zero-order valence-electron chi connectivity index (χ0n) is 11.1. The molecular weight excluding hydrogens is 258 g/mol. The van der Waals surface area contributed by atoms with Crippen molar-refractivity contribution in [2.24, 2.45) is 0 Å². The monoisotopic (exact) mass is 275 g/mol. The first-order chi connectivity index (χ1) is 9.31. The summed E-state index contributed by atoms with van der Waals surface area (Å²) < 4.78 is 5.21. The number of methoxy groups -OCH3 is 1. The predicted octanol–water partition coefficient (Wildman–Crippen LogP) is 3.46. The second kappa shape index (κ2) is 6.99. The van der Waals surface area contributed by atoms with Crippen LogP contribution in [-0.2, 0) is 0 Å². The topological polar surface area (TPSA) is 47.0 Å². The number of rotatable bonds is 6. The van der Waals surface area contributed by atoms with E-state index in [4.69, 9.17) is 4.74 Å². The van der Waals surface area contributed by atoms with Crippen LogP contribution in [0.25, 0.3) is 0 Å². The van der Waals surface area contributed by atoms with Gasteiger partial charge in [0.25, 0.3) is 0 Å². The number of anilines is 1. The summed E-state index contributed by atoms with van der Waals surface area (Å²) >= 11 is 1.57. The molecule has 0 aliphatic rings. The second-order valence-corrected chi connectivity index (χ2v) is 5.04. The summed E-state index contributed by atoms with van der Waals surface area (Å²) in [7, 11) is 1.67. The van der Waals surface area contributed by atoms with Crippen molar-refractivity contribution in [3.05, 3.63) is 36.7 Å². The van der Waals surface area contributed by atoms with Crippen molar-refractivity contribution < 1.29 is 4.74 Å². The summed E-state index contributed by atoms with van der Waals surface area (Å²) in [5.41, 5.74) is 0. The Morgan fingerprint density at radius 1 is 1.32 bits per heavy atom. The van der Waals surface area contributed by atoms with Crippen molar-refractivity contribution >= 4 is 17.6 Å². The number of ether oxygens (including phenoxy) is 1. The molecule has 0 bridgehead atoms. The van der Waals surface area contributed by atoms with Crippen LogP contribution < -0.4 is 10.1 Å². The third-order valence-electron chi connectivity index (χ3n) is 2.43. The maximum atomic E-state index is 5.21. The maximum absolute atomic E-state index is 5.21. The number of aromatic nitrogens is 2. The molecule has 1 aromatic heterocycles. The molecule has 0 atom stereocenters. The van der Waals surface area contributed by atoms with Gasteiger partial charge in [0.05, 0.1) is 19.5 Å². The molecule has 1 N–H and O–H groups in total. The molecular formula is C14H17N3OS. The van der Waals surface area contributed by atoms with Crippen molar-refractivity contribution in [1.82, 2.24) is 9.97 Å². The van der Waals surface area contributed by atoms with E-state index in [1.54, 1.807) is 31.3 Å². The molecule has 0 aliphatic carbocycles. The first-order valence-electron chi connectivity index (χ1n) is 6.19. The summed E-state index contributed by atoms with van der Waals surface area (Å²) in [6.45, 7) is 3.03. The van der Waals surface area contributed by atoms with Crippen LogP contribution in [0.3, 0.4) is 0 Å². The number of nitrogens with one attached hydrogen (secondary N) is 1. The summed E-state index contributed by atoms with van der Waals surface area (Å²) in [5, 5.41) is 4.10. The van der Waals surface area contributed by atoms with Crippen LogP contribution in [0, 0.1) is 0 Å². The van der Waals surface area contributed by atoms with Gasteiger partial charge in [0.2, 0.25) is 0 Å². The maximum Gasteiger partial charge on any atom is 0.145 e. The average Bonchev–Trinajstić information content (AvgIpc) is 2.46. The van der Waals surface area contributed by atoms with Gasteiger partial charge in [-0.3, -0.25) is 4.98 Å². The number of hydrogen-bond donors (Lipinski definition) is 1. The van der Waals surface area contributed by atoms with E-state index in [-0.39, 0.29) is 0 Å². The third kappa shape index (κ3) is 4.13. The summed E-state index contributed by atoms with van der Waals surface area (Å²) in [5.74, 6) is 1.66. The fourth-order valence-electron chi connectivity index (χ4n) is 1.52. The first-order valence-corrected chi connectivity index (χ1v) is 7.01. The molecule has 0 amide bonds. The highest BCUT2D eigenvalue weighted by molar-refractivity contribution is 7.99. The Bertz CT molecular complexity index is 534. The minimum absolute atomic E-state index is 0.815. The van der Waals surface area contributed by atoms with Gasteiger partial charge < -0.3 is 10.1 Å². The average molecular weight is 275 g/mol. The van der Waals surface area contributed by atoms with Gasteiger partial charge >= 0.3 is 0 Å². The van der Waals surface area contributed by atoms with Gasteiger partial charge in [0.15, 0.2) is 0 Å². The SMILES string of the molecule is CCCNc1cncc(Sc2cccc(OC)c2)n1. The molecule has 0 spiro atoms. The molecule has 1 heterocycles. The van der Waals surface area contributed by atoms with Crippen LogP contribution >= 0.6 is 11.8 Å². The number of nitrogens with zero attached hydrogens (tertiary/aromatic N) is 2. The highest BCUT2D eigenvalue weighted by Crippen LogP contribution is 2.28. The Hall–Kier alpha value is -1.75. The first kappa shape index (κ1) is 13.7. The smallest absolute Gasteiger partial charge is 0.145 e. The standard InChI is InChI=1S/C14H17N3OS/c1-3-7-16-13-9-15-10-14(17-13)19-12-6-4-5-11(8-12)18-2/h4-6,8-10H,3,7H2,1-2H3,(H,16,17). The van der Waals surface area contributed by atoms with Crippen molar-refractivity contribution in [2.45, 2.75) is 23.3 Å². The molecule has 1 aromatic carbocycles. The molecule has 4 nitrogen and oxygen atoms in total. The summed E-state index contributed by atoms with van der Waals surface area (Å²) in [4.78, 5) is 9.79. The molecule has 5 heteroatoms. The van der Waals surface area contributed by atoms with Crippen LogP contribution in [0.1, 0.15) is 13.3 Å². The molecule has 0 aliphatic heterocycles. The Labute approximate surface area is 117 Å². The summed E-state index contributed by atoms with van der Waals surface area (Å²) in [6, 6.07) is 7.91. The third-order valence-corrected chi connectivity index (χ3v) is 3.33. The lowest BCUT2D eigenvalue weighted by atomic mass is 10.3. The molecule has 2 aromatic rings. The van der Waals surface area contributed by atoms with Crippen LogP contribution in [0.2, 0.25) is 0 Å². The van der Waals surface area contributed by atoms with Crippen LogP contribution in [0.15, 0.2) is 46.6 Å². The second-order valence-electron chi connectivity index (χ2n) is 3.95. The lowest BCUT2D eigenvalue weighted by Crippen LogP contribution is -2.02. The molecule has 0 saturated heterocycles. The van der Waals surface area contributed by atoms with E-state index in [1.807, 2.05) is 24.3 Å². The lowest BCUT2D eigenvalue weighted by Gasteiger charge is -2.06. The minimum atomic E-state index is 0.815. The van der Waals surface area contributed by atoms with Gasteiger partial charge in [-0.2, -0.15) is 0 Å². The van der Waals surface area contributed by atoms with Crippen LogP contribution in [0.4, 0.5) is 5.82 Å². The largest absolute Gasteiger partial charge is 0.497 e. The zero-order chi connectivity index (χ0) is 13.5. The van der Waals surface area contributed by atoms with Crippen molar-refractivity contribution in [3.63, 3.8) is 0 Å². The van der Waals surface area contributed by atoms with Crippen LogP contribution in [-0.4, -0.2) is 23.6 Å². The van der Waals surface area contributed by atoms with Gasteiger partial charge in [-0.15, -0.1) is 0 Å². The molecule has 2 rings (SSSR count). The van der Waals surface area contributed by atoms with Gasteiger partial charge in [-0.05, 0) is 24.6 Å². The van der Waals surface area contributed by atoms with Crippen molar-refractivity contribution in [3.8, 4) is 5.75 Å². The Morgan fingerprint density at radius 3 is 3.00 bits per heavy atom.